The number of amidine groups is 1. The molecule has 0 amide bonds. The number of hydrogen-bond donors (Lipinski definition) is 0. The Kier molecular flexibility index (Phi) is 4.85. The summed E-state index contributed by atoms with van der Waals surface area (Å²) in [6.45, 7) is 24.7. The molecule has 2 unspecified atom stereocenters. The van der Waals surface area contributed by atoms with Gasteiger partial charge in [0, 0.05) is 36.7 Å². The van der Waals surface area contributed by atoms with Crippen LogP contribution in [0.3, 0.4) is 0 Å². The molecule has 0 radical (unpaired) electrons. The lowest BCUT2D eigenvalue weighted by Gasteiger charge is -2.45. The maximum absolute atomic E-state index is 5.65. The standard InChI is InChI=1S/C22H39N3O/c1-20(2,3)17-16-12-15(24-10-11-26-14-24)13-25(16)19(22(7,8)9)23-18(17)21(4,5)6/h15,18H,10-14H2,1-9H3. The number of rotatable bonds is 1. The molecule has 3 aliphatic heterocycles. The van der Waals surface area contributed by atoms with Crippen LogP contribution in [0.2, 0.25) is 0 Å². The Balaban J connectivity index is 2.10. The van der Waals surface area contributed by atoms with E-state index in [0.29, 0.717) is 6.04 Å². The molecule has 4 nitrogen and oxygen atoms in total. The van der Waals surface area contributed by atoms with Crippen LogP contribution in [0.4, 0.5) is 0 Å². The molecule has 0 bridgehead atoms. The minimum Gasteiger partial charge on any atom is -0.365 e. The van der Waals surface area contributed by atoms with Gasteiger partial charge in [0.2, 0.25) is 0 Å². The average molecular weight is 362 g/mol. The highest BCUT2D eigenvalue weighted by Gasteiger charge is 2.47. The second-order valence-electron chi connectivity index (χ2n) is 11.4. The molecule has 2 saturated heterocycles. The number of hydrogen-bond acceptors (Lipinski definition) is 4. The van der Waals surface area contributed by atoms with Gasteiger partial charge in [-0.2, -0.15) is 0 Å². The van der Waals surface area contributed by atoms with Crippen LogP contribution in [-0.2, 0) is 4.74 Å². The van der Waals surface area contributed by atoms with Crippen LogP contribution in [-0.4, -0.2) is 54.1 Å². The second-order valence-corrected chi connectivity index (χ2v) is 11.4. The molecular weight excluding hydrogens is 322 g/mol. The molecule has 2 atom stereocenters. The zero-order valence-corrected chi connectivity index (χ0v) is 18.4. The van der Waals surface area contributed by atoms with E-state index in [1.807, 2.05) is 0 Å². The lowest BCUT2D eigenvalue weighted by molar-refractivity contribution is 0.117. The van der Waals surface area contributed by atoms with Crippen molar-refractivity contribution in [3.63, 3.8) is 0 Å². The Hall–Kier alpha value is -0.870. The molecule has 0 aliphatic carbocycles. The van der Waals surface area contributed by atoms with Crippen molar-refractivity contribution in [2.75, 3.05) is 26.4 Å². The molecule has 26 heavy (non-hydrogen) atoms. The molecule has 148 valence electrons. The Morgan fingerprint density at radius 2 is 1.62 bits per heavy atom. The molecule has 0 aromatic heterocycles. The minimum absolute atomic E-state index is 0.0502. The number of fused-ring (bicyclic) bond motifs is 1. The van der Waals surface area contributed by atoms with Crippen molar-refractivity contribution in [2.45, 2.75) is 80.8 Å². The van der Waals surface area contributed by atoms with Gasteiger partial charge in [0.1, 0.15) is 5.84 Å². The monoisotopic (exact) mass is 361 g/mol. The number of aliphatic imine (C=N–C) groups is 1. The summed E-state index contributed by atoms with van der Waals surface area (Å²) >= 11 is 0. The Labute approximate surface area is 160 Å². The van der Waals surface area contributed by atoms with Crippen LogP contribution in [0.15, 0.2) is 16.3 Å². The third-order valence-corrected chi connectivity index (χ3v) is 5.83. The predicted octanol–water partition coefficient (Wildman–Crippen LogP) is 4.52. The van der Waals surface area contributed by atoms with Gasteiger partial charge in [-0.15, -0.1) is 0 Å². The normalized spacial score (nSPS) is 28.7. The van der Waals surface area contributed by atoms with Gasteiger partial charge in [0.25, 0.3) is 0 Å². The van der Waals surface area contributed by atoms with Crippen molar-refractivity contribution in [1.29, 1.82) is 0 Å². The molecule has 2 fully saturated rings. The van der Waals surface area contributed by atoms with Gasteiger partial charge in [0.05, 0.1) is 19.4 Å². The molecule has 0 spiro atoms. The third kappa shape index (κ3) is 3.60. The van der Waals surface area contributed by atoms with Crippen LogP contribution in [0.25, 0.3) is 0 Å². The van der Waals surface area contributed by atoms with Crippen molar-refractivity contribution in [1.82, 2.24) is 9.80 Å². The molecule has 0 aromatic rings. The van der Waals surface area contributed by atoms with Gasteiger partial charge in [-0.1, -0.05) is 62.3 Å². The smallest absolute Gasteiger partial charge is 0.109 e. The van der Waals surface area contributed by atoms with Crippen molar-refractivity contribution >= 4 is 5.84 Å². The summed E-state index contributed by atoms with van der Waals surface area (Å²) in [4.78, 5) is 10.5. The lowest BCUT2D eigenvalue weighted by atomic mass is 9.70. The highest BCUT2D eigenvalue weighted by atomic mass is 16.5. The molecular formula is C22H39N3O. The summed E-state index contributed by atoms with van der Waals surface area (Å²) in [5.74, 6) is 1.27. The molecule has 3 heterocycles. The van der Waals surface area contributed by atoms with Gasteiger partial charge in [0.15, 0.2) is 0 Å². The molecule has 0 saturated carbocycles. The van der Waals surface area contributed by atoms with E-state index in [0.717, 1.165) is 32.8 Å². The molecule has 3 aliphatic rings. The fourth-order valence-electron chi connectivity index (χ4n) is 4.63. The van der Waals surface area contributed by atoms with E-state index in [1.54, 1.807) is 5.57 Å². The van der Waals surface area contributed by atoms with Crippen LogP contribution in [0, 0.1) is 16.2 Å². The first kappa shape index (κ1) is 19.9. The van der Waals surface area contributed by atoms with Gasteiger partial charge < -0.3 is 9.64 Å². The molecule has 3 rings (SSSR count). The second kappa shape index (κ2) is 6.34. The maximum Gasteiger partial charge on any atom is 0.109 e. The fourth-order valence-corrected chi connectivity index (χ4v) is 4.63. The zero-order valence-electron chi connectivity index (χ0n) is 18.4. The number of ether oxygens (including phenoxy) is 1. The fraction of sp³-hybridized carbons (Fsp3) is 0.864. The van der Waals surface area contributed by atoms with E-state index < -0.39 is 0 Å². The van der Waals surface area contributed by atoms with Gasteiger partial charge in [-0.3, -0.25) is 9.89 Å². The minimum atomic E-state index is 0.0502. The van der Waals surface area contributed by atoms with Crippen molar-refractivity contribution in [2.24, 2.45) is 21.2 Å². The highest BCUT2D eigenvalue weighted by Crippen LogP contribution is 2.48. The molecule has 0 aromatic carbocycles. The first-order chi connectivity index (χ1) is 11.8. The van der Waals surface area contributed by atoms with Gasteiger partial charge in [-0.05, 0) is 16.4 Å². The van der Waals surface area contributed by atoms with E-state index >= 15 is 0 Å². The largest absolute Gasteiger partial charge is 0.365 e. The first-order valence-corrected chi connectivity index (χ1v) is 10.2. The van der Waals surface area contributed by atoms with Crippen molar-refractivity contribution in [3.05, 3.63) is 11.3 Å². The van der Waals surface area contributed by atoms with Crippen LogP contribution >= 0.6 is 0 Å². The number of nitrogens with zero attached hydrogens (tertiary/aromatic N) is 3. The van der Waals surface area contributed by atoms with E-state index in [9.17, 15) is 0 Å². The summed E-state index contributed by atoms with van der Waals surface area (Å²) < 4.78 is 5.65. The topological polar surface area (TPSA) is 28.1 Å². The Morgan fingerprint density at radius 3 is 2.08 bits per heavy atom. The SMILES string of the molecule is CC(C)(C)C1=NC(C(C)(C)C)C(C(C)(C)C)=C2CC(N3CCOC3)CN12. The van der Waals surface area contributed by atoms with E-state index in [-0.39, 0.29) is 22.3 Å². The van der Waals surface area contributed by atoms with Crippen LogP contribution in [0.5, 0.6) is 0 Å². The van der Waals surface area contributed by atoms with Crippen molar-refractivity contribution < 1.29 is 4.74 Å². The van der Waals surface area contributed by atoms with Crippen LogP contribution < -0.4 is 0 Å². The summed E-state index contributed by atoms with van der Waals surface area (Å²) in [5.41, 5.74) is 3.37. The average Bonchev–Trinajstić information content (AvgIpc) is 3.11. The van der Waals surface area contributed by atoms with E-state index in [4.69, 9.17) is 9.73 Å². The summed E-state index contributed by atoms with van der Waals surface area (Å²) in [5, 5.41) is 0. The summed E-state index contributed by atoms with van der Waals surface area (Å²) in [7, 11) is 0. The molecule has 0 N–H and O–H groups in total. The van der Waals surface area contributed by atoms with Crippen molar-refractivity contribution in [3.8, 4) is 0 Å². The first-order valence-electron chi connectivity index (χ1n) is 10.2. The Bertz CT molecular complexity index is 607. The van der Waals surface area contributed by atoms with Gasteiger partial charge >= 0.3 is 0 Å². The predicted molar refractivity (Wildman–Crippen MR) is 109 cm³/mol. The third-order valence-electron chi connectivity index (χ3n) is 5.83. The summed E-state index contributed by atoms with van der Waals surface area (Å²) in [6, 6.07) is 0.785. The van der Waals surface area contributed by atoms with Gasteiger partial charge in [-0.25, -0.2) is 0 Å². The Morgan fingerprint density at radius 1 is 0.962 bits per heavy atom. The highest BCUT2D eigenvalue weighted by molar-refractivity contribution is 5.90. The summed E-state index contributed by atoms with van der Waals surface area (Å²) in [6.07, 6.45) is 1.12. The lowest BCUT2D eigenvalue weighted by Crippen LogP contribution is -2.47. The van der Waals surface area contributed by atoms with Crippen LogP contribution in [0.1, 0.15) is 68.7 Å². The zero-order chi connectivity index (χ0) is 19.5. The molecule has 4 heteroatoms. The quantitative estimate of drug-likeness (QED) is 0.687. The van der Waals surface area contributed by atoms with E-state index in [1.165, 1.54) is 11.5 Å². The van der Waals surface area contributed by atoms with E-state index in [2.05, 4.69) is 72.1 Å². The maximum atomic E-state index is 5.65.